The lowest BCUT2D eigenvalue weighted by molar-refractivity contribution is -0.142. The fraction of sp³-hybridized carbons (Fsp3) is 0.310. The van der Waals surface area contributed by atoms with E-state index in [2.05, 4.69) is 4.98 Å². The summed E-state index contributed by atoms with van der Waals surface area (Å²) in [6.07, 6.45) is 1.57. The van der Waals surface area contributed by atoms with Crippen LogP contribution in [0.5, 0.6) is 5.75 Å². The summed E-state index contributed by atoms with van der Waals surface area (Å²) in [5.41, 5.74) is 2.59. The summed E-state index contributed by atoms with van der Waals surface area (Å²) in [4.78, 5) is 16.0. The quantitative estimate of drug-likeness (QED) is 0.251. The molecule has 2 heterocycles. The highest BCUT2D eigenvalue weighted by atomic mass is 19.1. The summed E-state index contributed by atoms with van der Waals surface area (Å²) in [5, 5.41) is 0. The smallest absolute Gasteiger partial charge is 0.489 e. The molecule has 0 bridgehead atoms. The second-order valence-electron chi connectivity index (χ2n) is 10.4. The number of esters is 1. The van der Waals surface area contributed by atoms with Crippen LogP contribution < -0.4 is 10.2 Å². The molecule has 0 atom stereocenters. The number of aromatic nitrogens is 2. The summed E-state index contributed by atoms with van der Waals surface area (Å²) >= 11 is 0. The minimum atomic E-state index is -0.766. The van der Waals surface area contributed by atoms with Crippen LogP contribution in [0.25, 0.3) is 16.7 Å². The lowest BCUT2D eigenvalue weighted by Crippen LogP contribution is -2.41. The molecule has 7 nitrogen and oxygen atoms in total. The van der Waals surface area contributed by atoms with E-state index in [-0.39, 0.29) is 12.3 Å². The second kappa shape index (κ2) is 9.89. The van der Waals surface area contributed by atoms with Crippen LogP contribution in [0.15, 0.2) is 67.0 Å². The van der Waals surface area contributed by atoms with Crippen molar-refractivity contribution >= 4 is 29.6 Å². The zero-order valence-corrected chi connectivity index (χ0v) is 22.2. The van der Waals surface area contributed by atoms with Crippen LogP contribution >= 0.6 is 0 Å². The number of imidazole rings is 1. The third-order valence-corrected chi connectivity index (χ3v) is 7.17. The van der Waals surface area contributed by atoms with E-state index in [1.165, 1.54) is 13.0 Å². The van der Waals surface area contributed by atoms with Gasteiger partial charge in [0.15, 0.2) is 0 Å². The van der Waals surface area contributed by atoms with Gasteiger partial charge in [-0.15, -0.1) is 0 Å². The van der Waals surface area contributed by atoms with Crippen LogP contribution in [0.3, 0.4) is 0 Å². The van der Waals surface area contributed by atoms with Crippen LogP contribution in [0.2, 0.25) is 0 Å². The van der Waals surface area contributed by atoms with E-state index in [4.69, 9.17) is 18.8 Å². The van der Waals surface area contributed by atoms with Crippen LogP contribution in [-0.4, -0.2) is 33.8 Å². The Balaban J connectivity index is 1.50. The summed E-state index contributed by atoms with van der Waals surface area (Å²) in [6, 6.07) is 18.5. The van der Waals surface area contributed by atoms with Crippen molar-refractivity contribution in [1.82, 2.24) is 9.55 Å². The Hall–Kier alpha value is -3.69. The van der Waals surface area contributed by atoms with Crippen LogP contribution in [0.1, 0.15) is 45.7 Å². The molecule has 0 aliphatic carbocycles. The van der Waals surface area contributed by atoms with E-state index in [1.54, 1.807) is 17.0 Å². The number of hydrogen-bond acceptors (Lipinski definition) is 6. The van der Waals surface area contributed by atoms with Crippen LogP contribution in [0.4, 0.5) is 4.39 Å². The number of fused-ring (bicyclic) bond motifs is 1. The first-order chi connectivity index (χ1) is 18.0. The van der Waals surface area contributed by atoms with Crippen molar-refractivity contribution in [3.8, 4) is 11.4 Å². The number of carbonyl (C=O) groups is 1. The van der Waals surface area contributed by atoms with E-state index in [0.717, 1.165) is 5.56 Å². The number of benzene rings is 3. The van der Waals surface area contributed by atoms with Gasteiger partial charge in [-0.1, -0.05) is 30.3 Å². The molecule has 3 aromatic carbocycles. The van der Waals surface area contributed by atoms with Crippen molar-refractivity contribution in [2.45, 2.75) is 59.0 Å². The Morgan fingerprint density at radius 1 is 1.00 bits per heavy atom. The van der Waals surface area contributed by atoms with Gasteiger partial charge in [-0.3, -0.25) is 9.36 Å². The Bertz CT molecular complexity index is 1470. The predicted molar refractivity (Wildman–Crippen MR) is 143 cm³/mol. The number of carbonyl (C=O) groups excluding carboxylic acids is 1. The highest BCUT2D eigenvalue weighted by Gasteiger charge is 2.52. The molecule has 5 rings (SSSR count). The molecular weight excluding hydrogens is 486 g/mol. The minimum absolute atomic E-state index is 0.0985. The Morgan fingerprint density at radius 2 is 1.71 bits per heavy atom. The zero-order valence-electron chi connectivity index (χ0n) is 22.2. The third kappa shape index (κ3) is 5.04. The number of rotatable bonds is 7. The summed E-state index contributed by atoms with van der Waals surface area (Å²) in [6.45, 7) is 9.44. The number of nitrogens with zero attached hydrogens (tertiary/aromatic N) is 2. The zero-order chi connectivity index (χ0) is 27.1. The van der Waals surface area contributed by atoms with E-state index in [1.807, 2.05) is 76.2 Å². The van der Waals surface area contributed by atoms with E-state index in [0.29, 0.717) is 34.4 Å². The maximum Gasteiger partial charge on any atom is 0.495 e. The van der Waals surface area contributed by atoms with Crippen molar-refractivity contribution in [2.75, 3.05) is 0 Å². The maximum atomic E-state index is 15.5. The minimum Gasteiger partial charge on any atom is -0.489 e. The molecule has 0 radical (unpaired) electrons. The van der Waals surface area contributed by atoms with Crippen molar-refractivity contribution in [2.24, 2.45) is 0 Å². The van der Waals surface area contributed by atoms with Gasteiger partial charge in [-0.25, -0.2) is 9.37 Å². The molecule has 196 valence electrons. The van der Waals surface area contributed by atoms with Gasteiger partial charge in [-0.2, -0.15) is 0 Å². The van der Waals surface area contributed by atoms with E-state index < -0.39 is 30.1 Å². The third-order valence-electron chi connectivity index (χ3n) is 7.17. The van der Waals surface area contributed by atoms with E-state index in [9.17, 15) is 4.79 Å². The Labute approximate surface area is 221 Å². The highest BCUT2D eigenvalue weighted by molar-refractivity contribution is 6.62. The first-order valence-electron chi connectivity index (χ1n) is 12.5. The molecule has 0 spiro atoms. The molecule has 1 aromatic heterocycles. The van der Waals surface area contributed by atoms with Gasteiger partial charge < -0.3 is 18.8 Å². The first-order valence-corrected chi connectivity index (χ1v) is 12.5. The van der Waals surface area contributed by atoms with Crippen molar-refractivity contribution in [3.63, 3.8) is 0 Å². The normalized spacial score (nSPS) is 16.1. The maximum absolute atomic E-state index is 15.5. The average molecular weight is 516 g/mol. The average Bonchev–Trinajstić information content (AvgIpc) is 3.38. The van der Waals surface area contributed by atoms with Crippen molar-refractivity contribution in [3.05, 3.63) is 83.9 Å². The monoisotopic (exact) mass is 516 g/mol. The molecule has 0 N–H and O–H groups in total. The first kappa shape index (κ1) is 25.9. The molecule has 4 aromatic rings. The Kier molecular flexibility index (Phi) is 6.75. The van der Waals surface area contributed by atoms with Gasteiger partial charge in [0.1, 0.15) is 31.1 Å². The molecule has 0 saturated carbocycles. The fourth-order valence-corrected chi connectivity index (χ4v) is 4.31. The molecule has 38 heavy (non-hydrogen) atoms. The van der Waals surface area contributed by atoms with Gasteiger partial charge in [-0.05, 0) is 68.6 Å². The van der Waals surface area contributed by atoms with Crippen LogP contribution in [-0.2, 0) is 32.1 Å². The van der Waals surface area contributed by atoms with Gasteiger partial charge in [0, 0.05) is 13.0 Å². The number of hydrogen-bond donors (Lipinski definition) is 0. The summed E-state index contributed by atoms with van der Waals surface area (Å²) < 4.78 is 40.8. The largest absolute Gasteiger partial charge is 0.495 e. The van der Waals surface area contributed by atoms with Gasteiger partial charge in [0.05, 0.1) is 27.9 Å². The molecule has 1 saturated heterocycles. The second-order valence-corrected chi connectivity index (χ2v) is 10.4. The molecule has 1 aliphatic heterocycles. The number of ether oxygens (including phenoxy) is 2. The standard InChI is InChI=1S/C29H30BFN2O5/c1-19(34)35-17-21-13-24(31)27(15-23(21)30-37-28(2,3)29(4,5)38-30)33-18-32-25-14-22(11-12-26(25)33)36-16-20-9-7-6-8-10-20/h6-15,18H,16-17H2,1-5H3. The van der Waals surface area contributed by atoms with Crippen molar-refractivity contribution < 1.29 is 28.0 Å². The lowest BCUT2D eigenvalue weighted by atomic mass is 9.75. The molecule has 9 heteroatoms. The van der Waals surface area contributed by atoms with Crippen LogP contribution in [0, 0.1) is 5.82 Å². The van der Waals surface area contributed by atoms with Gasteiger partial charge in [0.2, 0.25) is 0 Å². The lowest BCUT2D eigenvalue weighted by Gasteiger charge is -2.32. The molecule has 0 amide bonds. The topological polar surface area (TPSA) is 71.8 Å². The number of halogens is 1. The SMILES string of the molecule is CC(=O)OCc1cc(F)c(-n2cnc3cc(OCc4ccccc4)ccc32)cc1B1OC(C)(C)C(C)(C)O1. The molecular formula is C29H30BFN2O5. The highest BCUT2D eigenvalue weighted by Crippen LogP contribution is 2.37. The molecule has 0 unspecified atom stereocenters. The fourth-order valence-electron chi connectivity index (χ4n) is 4.31. The predicted octanol–water partition coefficient (Wildman–Crippen LogP) is 5.11. The van der Waals surface area contributed by atoms with Gasteiger partial charge in [0.25, 0.3) is 0 Å². The van der Waals surface area contributed by atoms with Gasteiger partial charge >= 0.3 is 13.1 Å². The molecule has 1 fully saturated rings. The van der Waals surface area contributed by atoms with E-state index >= 15 is 4.39 Å². The summed E-state index contributed by atoms with van der Waals surface area (Å²) in [7, 11) is -0.766. The summed E-state index contributed by atoms with van der Waals surface area (Å²) in [5.74, 6) is -0.280. The van der Waals surface area contributed by atoms with Crippen molar-refractivity contribution in [1.29, 1.82) is 0 Å². The Morgan fingerprint density at radius 3 is 2.39 bits per heavy atom. The molecule has 1 aliphatic rings.